The lowest BCUT2D eigenvalue weighted by Crippen LogP contribution is -2.42. The fourth-order valence-electron chi connectivity index (χ4n) is 2.77. The van der Waals surface area contributed by atoms with Gasteiger partial charge in [-0.15, -0.1) is 5.10 Å². The summed E-state index contributed by atoms with van der Waals surface area (Å²) in [4.78, 5) is 11.4. The average Bonchev–Trinajstić information content (AvgIpc) is 2.93. The van der Waals surface area contributed by atoms with Crippen LogP contribution in [0.3, 0.4) is 0 Å². The third-order valence-corrected chi connectivity index (χ3v) is 5.10. The SMILES string of the molecule is NC(=O)C(CCSc1nnnn1C1CCCC1)NC1CC1. The minimum atomic E-state index is -0.266. The molecule has 0 radical (unpaired) electrons. The van der Waals surface area contributed by atoms with Crippen molar-refractivity contribution < 1.29 is 4.79 Å². The van der Waals surface area contributed by atoms with Gasteiger partial charge in [-0.2, -0.15) is 0 Å². The Balaban J connectivity index is 1.50. The minimum Gasteiger partial charge on any atom is -0.368 e. The summed E-state index contributed by atoms with van der Waals surface area (Å²) >= 11 is 1.61. The van der Waals surface area contributed by atoms with Crippen LogP contribution < -0.4 is 11.1 Å². The van der Waals surface area contributed by atoms with Crippen LogP contribution in [0.4, 0.5) is 0 Å². The summed E-state index contributed by atoms with van der Waals surface area (Å²) in [6.07, 6.45) is 7.84. The van der Waals surface area contributed by atoms with E-state index in [0.29, 0.717) is 18.5 Å². The van der Waals surface area contributed by atoms with Crippen LogP contribution in [-0.2, 0) is 4.79 Å². The number of nitrogens with zero attached hydrogens (tertiary/aromatic N) is 4. The van der Waals surface area contributed by atoms with E-state index < -0.39 is 0 Å². The molecule has 2 aliphatic rings. The van der Waals surface area contributed by atoms with Gasteiger partial charge in [0.1, 0.15) is 0 Å². The normalized spacial score (nSPS) is 20.8. The topological polar surface area (TPSA) is 98.7 Å². The molecule has 2 saturated carbocycles. The molecule has 0 saturated heterocycles. The summed E-state index contributed by atoms with van der Waals surface area (Å²) in [5, 5.41) is 16.2. The molecule has 8 heteroatoms. The molecule has 0 spiro atoms. The Labute approximate surface area is 128 Å². The molecule has 2 aliphatic carbocycles. The fourth-order valence-corrected chi connectivity index (χ4v) is 3.72. The number of carbonyl (C=O) groups excluding carboxylic acids is 1. The number of carbonyl (C=O) groups is 1. The highest BCUT2D eigenvalue weighted by Crippen LogP contribution is 2.31. The van der Waals surface area contributed by atoms with Gasteiger partial charge < -0.3 is 11.1 Å². The second-order valence-electron chi connectivity index (χ2n) is 5.88. The van der Waals surface area contributed by atoms with Gasteiger partial charge in [0.25, 0.3) is 0 Å². The van der Waals surface area contributed by atoms with Crippen molar-refractivity contribution >= 4 is 17.7 Å². The van der Waals surface area contributed by atoms with Crippen molar-refractivity contribution in [2.75, 3.05) is 5.75 Å². The Hall–Kier alpha value is -1.15. The van der Waals surface area contributed by atoms with Crippen LogP contribution in [-0.4, -0.2) is 44.0 Å². The molecule has 0 aromatic carbocycles. The Morgan fingerprint density at radius 1 is 1.38 bits per heavy atom. The minimum absolute atomic E-state index is 0.235. The van der Waals surface area contributed by atoms with E-state index in [0.717, 1.165) is 36.6 Å². The van der Waals surface area contributed by atoms with E-state index >= 15 is 0 Å². The number of aromatic nitrogens is 4. The number of thioether (sulfide) groups is 1. The van der Waals surface area contributed by atoms with Crippen molar-refractivity contribution in [3.8, 4) is 0 Å². The zero-order valence-electron chi connectivity index (χ0n) is 12.1. The first kappa shape index (κ1) is 14.8. The summed E-state index contributed by atoms with van der Waals surface area (Å²) < 4.78 is 1.95. The second-order valence-corrected chi connectivity index (χ2v) is 6.94. The molecule has 1 aromatic rings. The highest BCUT2D eigenvalue weighted by molar-refractivity contribution is 7.99. The van der Waals surface area contributed by atoms with Gasteiger partial charge in [-0.3, -0.25) is 4.79 Å². The molecule has 1 amide bonds. The highest BCUT2D eigenvalue weighted by atomic mass is 32.2. The molecule has 2 fully saturated rings. The largest absolute Gasteiger partial charge is 0.368 e. The van der Waals surface area contributed by atoms with E-state index in [4.69, 9.17) is 5.73 Å². The van der Waals surface area contributed by atoms with Crippen molar-refractivity contribution in [2.45, 2.75) is 68.2 Å². The summed E-state index contributed by atoms with van der Waals surface area (Å²) in [5.74, 6) is 0.526. The molecule has 3 rings (SSSR count). The van der Waals surface area contributed by atoms with Crippen molar-refractivity contribution in [2.24, 2.45) is 5.73 Å². The molecule has 7 nitrogen and oxygen atoms in total. The van der Waals surface area contributed by atoms with E-state index in [-0.39, 0.29) is 11.9 Å². The van der Waals surface area contributed by atoms with Gasteiger partial charge in [0.15, 0.2) is 0 Å². The molecular formula is C13H22N6OS. The smallest absolute Gasteiger partial charge is 0.234 e. The molecule has 21 heavy (non-hydrogen) atoms. The van der Waals surface area contributed by atoms with E-state index in [1.807, 2.05) is 4.68 Å². The van der Waals surface area contributed by atoms with Crippen molar-refractivity contribution in [1.82, 2.24) is 25.5 Å². The number of nitrogens with two attached hydrogens (primary N) is 1. The van der Waals surface area contributed by atoms with Crippen LogP contribution in [0.2, 0.25) is 0 Å². The number of hydrogen-bond acceptors (Lipinski definition) is 6. The van der Waals surface area contributed by atoms with Crippen LogP contribution in [0.1, 0.15) is 51.0 Å². The van der Waals surface area contributed by atoms with Crippen LogP contribution in [0.5, 0.6) is 0 Å². The van der Waals surface area contributed by atoms with Gasteiger partial charge in [0.2, 0.25) is 11.1 Å². The van der Waals surface area contributed by atoms with Gasteiger partial charge in [-0.1, -0.05) is 24.6 Å². The zero-order chi connectivity index (χ0) is 14.7. The molecule has 0 bridgehead atoms. The number of nitrogens with one attached hydrogen (secondary N) is 1. The predicted octanol–water partition coefficient (Wildman–Crippen LogP) is 0.876. The van der Waals surface area contributed by atoms with Gasteiger partial charge in [-0.05, 0) is 42.5 Å². The second kappa shape index (κ2) is 6.74. The number of primary amides is 1. The zero-order valence-corrected chi connectivity index (χ0v) is 12.9. The Kier molecular flexibility index (Phi) is 4.74. The van der Waals surface area contributed by atoms with Gasteiger partial charge in [-0.25, -0.2) is 4.68 Å². The molecule has 1 aromatic heterocycles. The van der Waals surface area contributed by atoms with E-state index in [9.17, 15) is 4.79 Å². The molecule has 0 aliphatic heterocycles. The molecule has 116 valence electrons. The monoisotopic (exact) mass is 310 g/mol. The summed E-state index contributed by atoms with van der Waals surface area (Å²) in [7, 11) is 0. The first-order valence-electron chi connectivity index (χ1n) is 7.70. The van der Waals surface area contributed by atoms with Gasteiger partial charge in [0.05, 0.1) is 12.1 Å². The van der Waals surface area contributed by atoms with Gasteiger partial charge >= 0.3 is 0 Å². The quantitative estimate of drug-likeness (QED) is 0.692. The summed E-state index contributed by atoms with van der Waals surface area (Å²) in [5.41, 5.74) is 5.45. The average molecular weight is 310 g/mol. The summed E-state index contributed by atoms with van der Waals surface area (Å²) in [6.45, 7) is 0. The number of amides is 1. The Morgan fingerprint density at radius 3 is 2.81 bits per heavy atom. The fraction of sp³-hybridized carbons (Fsp3) is 0.846. The maximum Gasteiger partial charge on any atom is 0.234 e. The van der Waals surface area contributed by atoms with Crippen molar-refractivity contribution in [3.63, 3.8) is 0 Å². The van der Waals surface area contributed by atoms with Crippen LogP contribution in [0.15, 0.2) is 5.16 Å². The lowest BCUT2D eigenvalue weighted by Gasteiger charge is -2.15. The first-order chi connectivity index (χ1) is 10.2. The third-order valence-electron chi connectivity index (χ3n) is 4.13. The van der Waals surface area contributed by atoms with E-state index in [1.54, 1.807) is 11.8 Å². The van der Waals surface area contributed by atoms with Crippen molar-refractivity contribution in [1.29, 1.82) is 0 Å². The molecule has 1 unspecified atom stereocenters. The van der Waals surface area contributed by atoms with Gasteiger partial charge in [0, 0.05) is 11.8 Å². The van der Waals surface area contributed by atoms with Crippen LogP contribution in [0, 0.1) is 0 Å². The lowest BCUT2D eigenvalue weighted by atomic mass is 10.2. The highest BCUT2D eigenvalue weighted by Gasteiger charge is 2.27. The predicted molar refractivity (Wildman–Crippen MR) is 79.8 cm³/mol. The first-order valence-corrected chi connectivity index (χ1v) is 8.68. The van der Waals surface area contributed by atoms with Crippen LogP contribution >= 0.6 is 11.8 Å². The number of hydrogen-bond donors (Lipinski definition) is 2. The Bertz CT molecular complexity index is 483. The summed E-state index contributed by atoms with van der Waals surface area (Å²) in [6, 6.07) is 0.691. The molecule has 1 heterocycles. The van der Waals surface area contributed by atoms with E-state index in [2.05, 4.69) is 20.8 Å². The van der Waals surface area contributed by atoms with Crippen LogP contribution in [0.25, 0.3) is 0 Å². The third kappa shape index (κ3) is 3.94. The van der Waals surface area contributed by atoms with Crippen molar-refractivity contribution in [3.05, 3.63) is 0 Å². The molecule has 3 N–H and O–H groups in total. The Morgan fingerprint density at radius 2 is 2.14 bits per heavy atom. The number of tetrazole rings is 1. The maximum absolute atomic E-state index is 11.4. The maximum atomic E-state index is 11.4. The molecule has 1 atom stereocenters. The lowest BCUT2D eigenvalue weighted by molar-refractivity contribution is -0.120. The van der Waals surface area contributed by atoms with E-state index in [1.165, 1.54) is 12.8 Å². The number of rotatable bonds is 8. The standard InChI is InChI=1S/C13H22N6OS/c14-12(20)11(15-9-5-6-9)7-8-21-13-16-17-18-19(13)10-3-1-2-4-10/h9-11,15H,1-8H2,(H2,14,20). The molecular weight excluding hydrogens is 288 g/mol.